The summed E-state index contributed by atoms with van der Waals surface area (Å²) in [6, 6.07) is 8.59. The number of nitrogens with zero attached hydrogens (tertiary/aromatic N) is 4. The summed E-state index contributed by atoms with van der Waals surface area (Å²) < 4.78 is 36.1. The number of aromatic nitrogens is 4. The van der Waals surface area contributed by atoms with Gasteiger partial charge < -0.3 is 14.8 Å². The highest BCUT2D eigenvalue weighted by Crippen LogP contribution is 2.29. The van der Waals surface area contributed by atoms with Gasteiger partial charge in [0, 0.05) is 6.54 Å². The van der Waals surface area contributed by atoms with E-state index in [1.54, 1.807) is 22.7 Å². The molecule has 0 amide bonds. The van der Waals surface area contributed by atoms with E-state index >= 15 is 0 Å². The van der Waals surface area contributed by atoms with Gasteiger partial charge >= 0.3 is 6.61 Å². The van der Waals surface area contributed by atoms with Gasteiger partial charge in [-0.05, 0) is 43.2 Å². The topological polar surface area (TPSA) is 73.6 Å². The van der Waals surface area contributed by atoms with Crippen molar-refractivity contribution in [2.24, 2.45) is 0 Å². The smallest absolute Gasteiger partial charge is 0.387 e. The molecule has 1 aromatic carbocycles. The highest BCUT2D eigenvalue weighted by Gasteiger charge is 2.11. The van der Waals surface area contributed by atoms with Gasteiger partial charge in [0.05, 0.1) is 7.11 Å². The highest BCUT2D eigenvalue weighted by atomic mass is 19.3. The third-order valence-corrected chi connectivity index (χ3v) is 3.58. The van der Waals surface area contributed by atoms with Crippen LogP contribution in [0, 0.1) is 6.92 Å². The summed E-state index contributed by atoms with van der Waals surface area (Å²) in [5.41, 5.74) is 1.51. The quantitative estimate of drug-likeness (QED) is 0.707. The van der Waals surface area contributed by atoms with Gasteiger partial charge in [-0.3, -0.25) is 0 Å². The number of anilines is 1. The fourth-order valence-electron chi connectivity index (χ4n) is 2.39. The number of hydrogen-bond acceptors (Lipinski definition) is 6. The van der Waals surface area contributed by atoms with Gasteiger partial charge in [-0.1, -0.05) is 6.07 Å². The average Bonchev–Trinajstić information content (AvgIpc) is 2.95. The largest absolute Gasteiger partial charge is 0.493 e. The number of methoxy groups -OCH3 is 1. The maximum Gasteiger partial charge on any atom is 0.387 e. The Hall–Kier alpha value is -2.97. The van der Waals surface area contributed by atoms with Crippen molar-refractivity contribution < 1.29 is 18.3 Å². The molecule has 0 bridgehead atoms. The zero-order valence-electron chi connectivity index (χ0n) is 13.7. The summed E-state index contributed by atoms with van der Waals surface area (Å²) in [6.45, 7) is -0.510. The number of fused-ring (bicyclic) bond motifs is 1. The number of aryl methyl sites for hydroxylation is 1. The second-order valence-electron chi connectivity index (χ2n) is 5.28. The molecular formula is C16H17F2N5O2. The standard InChI is InChI=1S/C16H17F2N5O2/c1-10-20-21-15-6-5-14(22-23(10)15)19-8-7-11-3-4-12(24-2)13(9-11)25-16(17)18/h3-6,9,16H,7-8H2,1-2H3,(H,19,22). The number of nitrogens with one attached hydrogen (secondary N) is 1. The molecule has 0 aliphatic carbocycles. The lowest BCUT2D eigenvalue weighted by atomic mass is 10.1. The Labute approximate surface area is 142 Å². The molecular weight excluding hydrogens is 332 g/mol. The summed E-state index contributed by atoms with van der Waals surface area (Å²) in [7, 11) is 1.41. The Morgan fingerprint density at radius 2 is 2.00 bits per heavy atom. The molecule has 0 aliphatic heterocycles. The highest BCUT2D eigenvalue weighted by molar-refractivity contribution is 5.45. The molecule has 0 aliphatic rings. The number of rotatable bonds is 7. The summed E-state index contributed by atoms with van der Waals surface area (Å²) in [6.07, 6.45) is 0.602. The second kappa shape index (κ2) is 7.29. The van der Waals surface area contributed by atoms with E-state index < -0.39 is 6.61 Å². The molecule has 0 fully saturated rings. The molecule has 0 saturated heterocycles. The molecule has 3 rings (SSSR count). The van der Waals surface area contributed by atoms with Crippen LogP contribution in [0.2, 0.25) is 0 Å². The minimum absolute atomic E-state index is 0.0228. The third-order valence-electron chi connectivity index (χ3n) is 3.58. The van der Waals surface area contributed by atoms with Crippen LogP contribution in [0.4, 0.5) is 14.6 Å². The summed E-state index contributed by atoms with van der Waals surface area (Å²) in [4.78, 5) is 0. The van der Waals surface area contributed by atoms with E-state index in [2.05, 4.69) is 25.3 Å². The molecule has 0 saturated carbocycles. The predicted octanol–water partition coefficient (Wildman–Crippen LogP) is 2.70. The Kier molecular flexibility index (Phi) is 4.92. The lowest BCUT2D eigenvalue weighted by Gasteiger charge is -2.12. The van der Waals surface area contributed by atoms with Gasteiger partial charge in [0.2, 0.25) is 0 Å². The minimum atomic E-state index is -2.90. The number of hydrogen-bond donors (Lipinski definition) is 1. The zero-order chi connectivity index (χ0) is 17.8. The fourth-order valence-corrected chi connectivity index (χ4v) is 2.39. The van der Waals surface area contributed by atoms with Gasteiger partial charge in [-0.2, -0.15) is 13.3 Å². The molecule has 132 valence electrons. The van der Waals surface area contributed by atoms with Crippen molar-refractivity contribution in [1.29, 1.82) is 0 Å². The van der Waals surface area contributed by atoms with E-state index in [1.165, 1.54) is 7.11 Å². The van der Waals surface area contributed by atoms with Gasteiger partial charge in [0.1, 0.15) is 5.82 Å². The number of alkyl halides is 2. The lowest BCUT2D eigenvalue weighted by Crippen LogP contribution is -2.09. The van der Waals surface area contributed by atoms with Crippen LogP contribution >= 0.6 is 0 Å². The van der Waals surface area contributed by atoms with Crippen molar-refractivity contribution in [2.45, 2.75) is 20.0 Å². The molecule has 0 radical (unpaired) electrons. The van der Waals surface area contributed by atoms with Crippen molar-refractivity contribution in [3.63, 3.8) is 0 Å². The molecule has 25 heavy (non-hydrogen) atoms. The van der Waals surface area contributed by atoms with Gasteiger partial charge in [0.25, 0.3) is 0 Å². The first kappa shape index (κ1) is 16.9. The van der Waals surface area contributed by atoms with Crippen LogP contribution < -0.4 is 14.8 Å². The second-order valence-corrected chi connectivity index (χ2v) is 5.28. The molecule has 0 atom stereocenters. The number of halogens is 2. The van der Waals surface area contributed by atoms with Crippen LogP contribution in [-0.2, 0) is 6.42 Å². The molecule has 1 N–H and O–H groups in total. The maximum absolute atomic E-state index is 12.5. The van der Waals surface area contributed by atoms with Gasteiger partial charge in [0.15, 0.2) is 23.0 Å². The van der Waals surface area contributed by atoms with Crippen molar-refractivity contribution in [3.8, 4) is 11.5 Å². The first-order chi connectivity index (χ1) is 12.1. The molecule has 0 spiro atoms. The van der Waals surface area contributed by atoms with Crippen LogP contribution in [0.3, 0.4) is 0 Å². The van der Waals surface area contributed by atoms with Crippen LogP contribution in [0.25, 0.3) is 5.65 Å². The average molecular weight is 349 g/mol. The first-order valence-electron chi connectivity index (χ1n) is 7.61. The molecule has 9 heteroatoms. The monoisotopic (exact) mass is 349 g/mol. The van der Waals surface area contributed by atoms with Crippen molar-refractivity contribution >= 4 is 11.5 Å². The normalized spacial score (nSPS) is 11.1. The summed E-state index contributed by atoms with van der Waals surface area (Å²) in [5, 5.41) is 15.5. The summed E-state index contributed by atoms with van der Waals surface area (Å²) in [5.74, 6) is 1.66. The molecule has 0 unspecified atom stereocenters. The van der Waals surface area contributed by atoms with E-state index in [-0.39, 0.29) is 11.5 Å². The Balaban J connectivity index is 1.65. The SMILES string of the molecule is COc1ccc(CCNc2ccc3nnc(C)n3n2)cc1OC(F)F. The van der Waals surface area contributed by atoms with Crippen molar-refractivity contribution in [1.82, 2.24) is 19.8 Å². The molecule has 3 aromatic rings. The first-order valence-corrected chi connectivity index (χ1v) is 7.61. The Bertz CT molecular complexity index is 869. The van der Waals surface area contributed by atoms with E-state index in [9.17, 15) is 8.78 Å². The maximum atomic E-state index is 12.5. The minimum Gasteiger partial charge on any atom is -0.493 e. The summed E-state index contributed by atoms with van der Waals surface area (Å²) >= 11 is 0. The van der Waals surface area contributed by atoms with E-state index in [0.29, 0.717) is 30.3 Å². The van der Waals surface area contributed by atoms with E-state index in [0.717, 1.165) is 5.56 Å². The van der Waals surface area contributed by atoms with Gasteiger partial charge in [-0.15, -0.1) is 15.3 Å². The molecule has 7 nitrogen and oxygen atoms in total. The van der Waals surface area contributed by atoms with Crippen LogP contribution in [0.1, 0.15) is 11.4 Å². The van der Waals surface area contributed by atoms with Crippen LogP contribution in [0.5, 0.6) is 11.5 Å². The zero-order valence-corrected chi connectivity index (χ0v) is 13.7. The Morgan fingerprint density at radius 3 is 2.76 bits per heavy atom. The number of ether oxygens (including phenoxy) is 2. The van der Waals surface area contributed by atoms with Crippen LogP contribution in [0.15, 0.2) is 30.3 Å². The predicted molar refractivity (Wildman–Crippen MR) is 87.3 cm³/mol. The van der Waals surface area contributed by atoms with Crippen molar-refractivity contribution in [2.75, 3.05) is 19.0 Å². The molecule has 2 heterocycles. The number of benzene rings is 1. The molecule has 2 aromatic heterocycles. The third kappa shape index (κ3) is 3.93. The van der Waals surface area contributed by atoms with Crippen LogP contribution in [-0.4, -0.2) is 40.1 Å². The fraction of sp³-hybridized carbons (Fsp3) is 0.312. The van der Waals surface area contributed by atoms with Gasteiger partial charge in [-0.25, -0.2) is 0 Å². The van der Waals surface area contributed by atoms with E-state index in [4.69, 9.17) is 4.74 Å². The lowest BCUT2D eigenvalue weighted by molar-refractivity contribution is -0.0512. The Morgan fingerprint density at radius 1 is 1.16 bits per heavy atom. The van der Waals surface area contributed by atoms with E-state index in [1.807, 2.05) is 19.1 Å². The van der Waals surface area contributed by atoms with Crippen molar-refractivity contribution in [3.05, 3.63) is 41.7 Å².